The first-order valence-electron chi connectivity index (χ1n) is 4.74. The summed E-state index contributed by atoms with van der Waals surface area (Å²) in [6.07, 6.45) is 7.38. The first kappa shape index (κ1) is 13.7. The third-order valence-electron chi connectivity index (χ3n) is 1.87. The van der Waals surface area contributed by atoms with E-state index in [4.69, 9.17) is 6.42 Å². The molecular formula is C10H12BrNO2S2. The molecule has 0 aliphatic carbocycles. The summed E-state index contributed by atoms with van der Waals surface area (Å²) < 4.78 is 27.0. The molecule has 1 heterocycles. The molecule has 0 bridgehead atoms. The Hall–Kier alpha value is -0.350. The lowest BCUT2D eigenvalue weighted by Crippen LogP contribution is -2.24. The van der Waals surface area contributed by atoms with Gasteiger partial charge in [-0.05, 0) is 40.2 Å². The summed E-state index contributed by atoms with van der Waals surface area (Å²) >= 11 is 4.40. The van der Waals surface area contributed by atoms with Crippen LogP contribution in [0.25, 0.3) is 0 Å². The predicted octanol–water partition coefficient (Wildman–Crippen LogP) is 2.59. The van der Waals surface area contributed by atoms with Gasteiger partial charge in [-0.2, -0.15) is 0 Å². The van der Waals surface area contributed by atoms with E-state index in [0.29, 0.717) is 21.6 Å². The second-order valence-electron chi connectivity index (χ2n) is 3.12. The molecule has 0 radical (unpaired) electrons. The highest BCUT2D eigenvalue weighted by molar-refractivity contribution is 9.10. The molecule has 6 heteroatoms. The lowest BCUT2D eigenvalue weighted by molar-refractivity contribution is 0.579. The average molecular weight is 322 g/mol. The van der Waals surface area contributed by atoms with Gasteiger partial charge in [-0.15, -0.1) is 23.7 Å². The summed E-state index contributed by atoms with van der Waals surface area (Å²) in [5, 5.41) is 1.73. The van der Waals surface area contributed by atoms with E-state index in [-0.39, 0.29) is 0 Å². The topological polar surface area (TPSA) is 46.2 Å². The monoisotopic (exact) mass is 321 g/mol. The van der Waals surface area contributed by atoms with E-state index in [1.54, 1.807) is 11.4 Å². The quantitative estimate of drug-likeness (QED) is 0.646. The third kappa shape index (κ3) is 3.91. The van der Waals surface area contributed by atoms with Crippen LogP contribution in [-0.4, -0.2) is 15.0 Å². The third-order valence-corrected chi connectivity index (χ3v) is 6.00. The molecule has 0 atom stereocenters. The molecule has 0 unspecified atom stereocenters. The van der Waals surface area contributed by atoms with Crippen LogP contribution in [0.3, 0.4) is 0 Å². The molecule has 88 valence electrons. The Bertz CT molecular complexity index is 473. The molecule has 0 spiro atoms. The summed E-state index contributed by atoms with van der Waals surface area (Å²) in [6.45, 7) is 0.425. The standard InChI is InChI=1S/C10H12BrNO2S2/c1-2-3-4-5-7-12-16(13,14)10-9(11)6-8-15-10/h1,6,8,12H,3-5,7H2. The van der Waals surface area contributed by atoms with Crippen LogP contribution in [0.5, 0.6) is 0 Å². The second-order valence-corrected chi connectivity index (χ2v) is 6.85. The highest BCUT2D eigenvalue weighted by Gasteiger charge is 2.17. The van der Waals surface area contributed by atoms with Crippen LogP contribution in [0, 0.1) is 12.3 Å². The van der Waals surface area contributed by atoms with Gasteiger partial charge in [0.1, 0.15) is 4.21 Å². The first-order valence-corrected chi connectivity index (χ1v) is 7.89. The molecule has 1 aromatic rings. The fourth-order valence-electron chi connectivity index (χ4n) is 1.10. The summed E-state index contributed by atoms with van der Waals surface area (Å²) in [6, 6.07) is 1.72. The van der Waals surface area contributed by atoms with E-state index in [9.17, 15) is 8.42 Å². The van der Waals surface area contributed by atoms with Crippen LogP contribution >= 0.6 is 27.3 Å². The maximum absolute atomic E-state index is 11.8. The molecule has 3 nitrogen and oxygen atoms in total. The summed E-state index contributed by atoms with van der Waals surface area (Å²) in [7, 11) is -3.36. The zero-order valence-corrected chi connectivity index (χ0v) is 11.8. The number of sulfonamides is 1. The molecule has 0 aliphatic heterocycles. The lowest BCUT2D eigenvalue weighted by Gasteiger charge is -2.04. The van der Waals surface area contributed by atoms with Crippen LogP contribution in [0.4, 0.5) is 0 Å². The van der Waals surface area contributed by atoms with Gasteiger partial charge in [0.25, 0.3) is 10.0 Å². The minimum atomic E-state index is -3.36. The van der Waals surface area contributed by atoms with Crippen molar-refractivity contribution in [1.82, 2.24) is 4.72 Å². The van der Waals surface area contributed by atoms with E-state index in [1.807, 2.05) is 0 Å². The molecule has 1 aromatic heterocycles. The number of thiophene rings is 1. The molecule has 16 heavy (non-hydrogen) atoms. The maximum Gasteiger partial charge on any atom is 0.251 e. The van der Waals surface area contributed by atoms with Gasteiger partial charge < -0.3 is 0 Å². The first-order chi connectivity index (χ1) is 7.58. The van der Waals surface area contributed by atoms with Crippen LogP contribution < -0.4 is 4.72 Å². The largest absolute Gasteiger partial charge is 0.251 e. The molecule has 0 saturated carbocycles. The van der Waals surface area contributed by atoms with Gasteiger partial charge in [-0.1, -0.05) is 0 Å². The van der Waals surface area contributed by atoms with Crippen molar-refractivity contribution in [1.29, 1.82) is 0 Å². The van der Waals surface area contributed by atoms with E-state index < -0.39 is 10.0 Å². The van der Waals surface area contributed by atoms with Gasteiger partial charge in [0.15, 0.2) is 0 Å². The molecule has 0 aromatic carbocycles. The van der Waals surface area contributed by atoms with Crippen molar-refractivity contribution >= 4 is 37.3 Å². The number of hydrogen-bond acceptors (Lipinski definition) is 3. The van der Waals surface area contributed by atoms with Crippen LogP contribution in [0.1, 0.15) is 19.3 Å². The number of halogens is 1. The van der Waals surface area contributed by atoms with E-state index >= 15 is 0 Å². The van der Waals surface area contributed by atoms with E-state index in [0.717, 1.165) is 12.8 Å². The zero-order valence-electron chi connectivity index (χ0n) is 8.57. The normalized spacial score (nSPS) is 11.2. The Kier molecular flexibility index (Phi) is 5.49. The van der Waals surface area contributed by atoms with Gasteiger partial charge in [0.05, 0.1) is 0 Å². The summed E-state index contributed by atoms with van der Waals surface area (Å²) in [5.74, 6) is 2.52. The average Bonchev–Trinajstić information content (AvgIpc) is 2.65. The summed E-state index contributed by atoms with van der Waals surface area (Å²) in [4.78, 5) is 0. The molecular weight excluding hydrogens is 310 g/mol. The highest BCUT2D eigenvalue weighted by atomic mass is 79.9. The van der Waals surface area contributed by atoms with Crippen molar-refractivity contribution in [3.8, 4) is 12.3 Å². The molecule has 0 amide bonds. The smallest absolute Gasteiger partial charge is 0.210 e. The molecule has 1 N–H and O–H groups in total. The Labute approximate surface area is 108 Å². The Balaban J connectivity index is 2.48. The Morgan fingerprint density at radius 2 is 2.25 bits per heavy atom. The number of rotatable bonds is 6. The SMILES string of the molecule is C#CCCCCNS(=O)(=O)c1sccc1Br. The lowest BCUT2D eigenvalue weighted by atomic mass is 10.2. The van der Waals surface area contributed by atoms with Crippen molar-refractivity contribution in [2.24, 2.45) is 0 Å². The van der Waals surface area contributed by atoms with Gasteiger partial charge >= 0.3 is 0 Å². The number of nitrogens with one attached hydrogen (secondary N) is 1. The fourth-order valence-corrected chi connectivity index (χ4v) is 4.55. The van der Waals surface area contributed by atoms with Crippen LogP contribution in [0.15, 0.2) is 20.1 Å². The van der Waals surface area contributed by atoms with Gasteiger partial charge in [-0.25, -0.2) is 13.1 Å². The van der Waals surface area contributed by atoms with Crippen molar-refractivity contribution in [2.75, 3.05) is 6.54 Å². The molecule has 0 saturated heterocycles. The van der Waals surface area contributed by atoms with Gasteiger partial charge in [0.2, 0.25) is 0 Å². The minimum Gasteiger partial charge on any atom is -0.210 e. The number of terminal acetylenes is 1. The fraction of sp³-hybridized carbons (Fsp3) is 0.400. The van der Waals surface area contributed by atoms with Gasteiger partial charge in [0, 0.05) is 17.4 Å². The number of unbranched alkanes of at least 4 members (excludes halogenated alkanes) is 2. The number of hydrogen-bond donors (Lipinski definition) is 1. The zero-order chi connectivity index (χ0) is 12.0. The Morgan fingerprint density at radius 3 is 2.81 bits per heavy atom. The van der Waals surface area contributed by atoms with E-state index in [1.165, 1.54) is 11.3 Å². The van der Waals surface area contributed by atoms with E-state index in [2.05, 4.69) is 26.6 Å². The van der Waals surface area contributed by atoms with Crippen molar-refractivity contribution in [2.45, 2.75) is 23.5 Å². The minimum absolute atomic E-state index is 0.324. The van der Waals surface area contributed by atoms with Crippen molar-refractivity contribution < 1.29 is 8.42 Å². The molecule has 1 rings (SSSR count). The summed E-state index contributed by atoms with van der Waals surface area (Å²) in [5.41, 5.74) is 0. The van der Waals surface area contributed by atoms with Crippen LogP contribution in [0.2, 0.25) is 0 Å². The Morgan fingerprint density at radius 1 is 1.50 bits per heavy atom. The van der Waals surface area contributed by atoms with Crippen LogP contribution in [-0.2, 0) is 10.0 Å². The maximum atomic E-state index is 11.8. The molecule has 0 aliphatic rings. The van der Waals surface area contributed by atoms with Crippen molar-refractivity contribution in [3.05, 3.63) is 15.9 Å². The van der Waals surface area contributed by atoms with Crippen molar-refractivity contribution in [3.63, 3.8) is 0 Å². The highest BCUT2D eigenvalue weighted by Crippen LogP contribution is 2.27. The predicted molar refractivity (Wildman–Crippen MR) is 69.9 cm³/mol. The second kappa shape index (κ2) is 6.40. The van der Waals surface area contributed by atoms with Gasteiger partial charge in [-0.3, -0.25) is 0 Å². The molecule has 0 fully saturated rings.